The van der Waals surface area contributed by atoms with Gasteiger partial charge in [-0.05, 0) is 50.8 Å². The van der Waals surface area contributed by atoms with Crippen LogP contribution in [0.25, 0.3) is 21.6 Å². The van der Waals surface area contributed by atoms with Gasteiger partial charge in [0.05, 0.1) is 25.1 Å². The van der Waals surface area contributed by atoms with E-state index in [4.69, 9.17) is 16.3 Å². The van der Waals surface area contributed by atoms with Gasteiger partial charge < -0.3 is 4.74 Å². The van der Waals surface area contributed by atoms with Gasteiger partial charge >= 0.3 is 0 Å². The standard InChI is InChI=1S/C29H25ClN8O3S/c1-37-9-10-38(27(40)29(37)7-8-29)23-12-18(19-11-22(30)31-15-21(19)41-2)20(14-32-23)25(39)36-28-35-24-26(42-28)34-17(13-33-24)6-5-16-3-4-16/h11-16H,3-4,7-10H2,1-2H3,(H,33,35,36,39). The molecule has 0 atom stereocenters. The fourth-order valence-electron chi connectivity index (χ4n) is 5.10. The Balaban J connectivity index is 1.24. The third-order valence-corrected chi connectivity index (χ3v) is 8.90. The van der Waals surface area contributed by atoms with Gasteiger partial charge in [-0.1, -0.05) is 28.9 Å². The van der Waals surface area contributed by atoms with Gasteiger partial charge in [0.15, 0.2) is 15.6 Å². The highest BCUT2D eigenvalue weighted by Gasteiger charge is 2.57. The van der Waals surface area contributed by atoms with E-state index in [9.17, 15) is 9.59 Å². The van der Waals surface area contributed by atoms with Crippen molar-refractivity contribution in [3.63, 3.8) is 0 Å². The van der Waals surface area contributed by atoms with E-state index in [1.807, 2.05) is 7.05 Å². The van der Waals surface area contributed by atoms with Crippen molar-refractivity contribution < 1.29 is 14.3 Å². The van der Waals surface area contributed by atoms with Crippen molar-refractivity contribution in [3.8, 4) is 28.7 Å². The Labute approximate surface area is 250 Å². The molecule has 1 saturated heterocycles. The number of fused-ring (bicyclic) bond motifs is 1. The Hall–Kier alpha value is -4.18. The minimum Gasteiger partial charge on any atom is -0.494 e. The number of hydrogen-bond donors (Lipinski definition) is 1. The molecule has 1 aliphatic heterocycles. The zero-order valence-electron chi connectivity index (χ0n) is 22.8. The van der Waals surface area contributed by atoms with E-state index in [1.165, 1.54) is 30.8 Å². The first-order chi connectivity index (χ1) is 20.3. The fraction of sp³-hybridized carbons (Fsp3) is 0.345. The van der Waals surface area contributed by atoms with E-state index in [0.717, 1.165) is 32.2 Å². The number of nitrogens with one attached hydrogen (secondary N) is 1. The Bertz CT molecular complexity index is 1820. The van der Waals surface area contributed by atoms with Crippen LogP contribution in [0, 0.1) is 17.8 Å². The summed E-state index contributed by atoms with van der Waals surface area (Å²) in [7, 11) is 3.50. The van der Waals surface area contributed by atoms with Crippen LogP contribution in [0.1, 0.15) is 41.7 Å². The Morgan fingerprint density at radius 3 is 2.71 bits per heavy atom. The number of likely N-dealkylation sites (N-methyl/N-ethyl adjacent to an activating group) is 1. The van der Waals surface area contributed by atoms with Crippen LogP contribution in [-0.2, 0) is 4.79 Å². The van der Waals surface area contributed by atoms with Crippen molar-refractivity contribution in [2.24, 2.45) is 5.92 Å². The monoisotopic (exact) mass is 600 g/mol. The lowest BCUT2D eigenvalue weighted by molar-refractivity contribution is -0.126. The van der Waals surface area contributed by atoms with Crippen LogP contribution in [-0.4, -0.2) is 74.4 Å². The molecular formula is C29H25ClN8O3S. The van der Waals surface area contributed by atoms with Gasteiger partial charge in [0.2, 0.25) is 5.91 Å². The van der Waals surface area contributed by atoms with Crippen molar-refractivity contribution in [2.45, 2.75) is 31.2 Å². The van der Waals surface area contributed by atoms with Crippen molar-refractivity contribution in [2.75, 3.05) is 37.5 Å². The molecule has 2 aliphatic carbocycles. The molecule has 1 N–H and O–H groups in total. The number of aromatic nitrogens is 5. The molecule has 2 saturated carbocycles. The van der Waals surface area contributed by atoms with E-state index in [-0.39, 0.29) is 16.6 Å². The van der Waals surface area contributed by atoms with Crippen LogP contribution in [0.3, 0.4) is 0 Å². The van der Waals surface area contributed by atoms with Crippen molar-refractivity contribution in [1.29, 1.82) is 0 Å². The molecule has 3 fully saturated rings. The van der Waals surface area contributed by atoms with Gasteiger partial charge in [-0.25, -0.2) is 19.9 Å². The van der Waals surface area contributed by atoms with Crippen LogP contribution < -0.4 is 15.0 Å². The minimum absolute atomic E-state index is 0.0160. The van der Waals surface area contributed by atoms with Gasteiger partial charge in [-0.3, -0.25) is 24.7 Å². The molecule has 13 heteroatoms. The molecule has 4 aromatic rings. The molecule has 42 heavy (non-hydrogen) atoms. The highest BCUT2D eigenvalue weighted by molar-refractivity contribution is 7.21. The second kappa shape index (κ2) is 10.3. The number of amides is 2. The zero-order valence-corrected chi connectivity index (χ0v) is 24.4. The summed E-state index contributed by atoms with van der Waals surface area (Å²) in [6.45, 7) is 1.21. The second-order valence-corrected chi connectivity index (χ2v) is 12.0. The molecule has 0 bridgehead atoms. The smallest absolute Gasteiger partial charge is 0.259 e. The van der Waals surface area contributed by atoms with Crippen LogP contribution in [0.4, 0.5) is 10.9 Å². The predicted molar refractivity (Wildman–Crippen MR) is 159 cm³/mol. The predicted octanol–water partition coefficient (Wildman–Crippen LogP) is 4.03. The lowest BCUT2D eigenvalue weighted by Gasteiger charge is -2.38. The number of pyridine rings is 2. The molecule has 11 nitrogen and oxygen atoms in total. The number of piperazine rings is 1. The van der Waals surface area contributed by atoms with Gasteiger partial charge in [0.25, 0.3) is 5.91 Å². The molecular weight excluding hydrogens is 576 g/mol. The van der Waals surface area contributed by atoms with E-state index in [1.54, 1.807) is 23.2 Å². The van der Waals surface area contributed by atoms with Gasteiger partial charge in [-0.15, -0.1) is 0 Å². The van der Waals surface area contributed by atoms with Crippen molar-refractivity contribution in [3.05, 3.63) is 47.1 Å². The first kappa shape index (κ1) is 26.7. The van der Waals surface area contributed by atoms with Gasteiger partial charge in [-0.2, -0.15) is 4.98 Å². The largest absolute Gasteiger partial charge is 0.494 e. The average Bonchev–Trinajstić information content (AvgIpc) is 3.92. The first-order valence-corrected chi connectivity index (χ1v) is 14.7. The van der Waals surface area contributed by atoms with Crippen LogP contribution in [0.2, 0.25) is 5.15 Å². The highest BCUT2D eigenvalue weighted by atomic mass is 35.5. The Kier molecular flexibility index (Phi) is 6.53. The number of thiazole rings is 1. The molecule has 212 valence electrons. The number of carbonyl (C=O) groups is 2. The first-order valence-electron chi connectivity index (χ1n) is 13.5. The second-order valence-electron chi connectivity index (χ2n) is 10.6. The maximum Gasteiger partial charge on any atom is 0.259 e. The Morgan fingerprint density at radius 1 is 1.12 bits per heavy atom. The SMILES string of the molecule is COc1cnc(Cl)cc1-c1cc(N2CCN(C)C3(CC3)C2=O)ncc1C(=O)Nc1nc2ncc(C#CC3CC3)nc2s1. The number of methoxy groups -OCH3 is 1. The molecule has 0 unspecified atom stereocenters. The summed E-state index contributed by atoms with van der Waals surface area (Å²) in [6, 6.07) is 3.36. The third-order valence-electron chi connectivity index (χ3n) is 7.84. The topological polar surface area (TPSA) is 126 Å². The lowest BCUT2D eigenvalue weighted by Crippen LogP contribution is -2.57. The van der Waals surface area contributed by atoms with Crippen LogP contribution in [0.5, 0.6) is 5.75 Å². The molecule has 4 aromatic heterocycles. The highest BCUT2D eigenvalue weighted by Crippen LogP contribution is 2.45. The van der Waals surface area contributed by atoms with Crippen LogP contribution >= 0.6 is 22.9 Å². The lowest BCUT2D eigenvalue weighted by atomic mass is 10.0. The average molecular weight is 601 g/mol. The molecule has 5 heterocycles. The van der Waals surface area contributed by atoms with E-state index >= 15 is 0 Å². The minimum atomic E-state index is -0.466. The Morgan fingerprint density at radius 2 is 1.95 bits per heavy atom. The quantitative estimate of drug-likeness (QED) is 0.267. The maximum atomic E-state index is 13.7. The fourth-order valence-corrected chi connectivity index (χ4v) is 6.05. The summed E-state index contributed by atoms with van der Waals surface area (Å²) in [5.41, 5.74) is 1.81. The molecule has 7 rings (SSSR count). The summed E-state index contributed by atoms with van der Waals surface area (Å²) in [6.07, 6.45) is 8.45. The molecule has 0 aromatic carbocycles. The third kappa shape index (κ3) is 4.83. The molecule has 2 amide bonds. The van der Waals surface area contributed by atoms with E-state index < -0.39 is 11.4 Å². The van der Waals surface area contributed by atoms with Gasteiger partial charge in [0, 0.05) is 36.3 Å². The summed E-state index contributed by atoms with van der Waals surface area (Å²) in [4.78, 5) is 53.6. The summed E-state index contributed by atoms with van der Waals surface area (Å²) >= 11 is 7.49. The number of nitrogens with zero attached hydrogens (tertiary/aromatic N) is 7. The van der Waals surface area contributed by atoms with Gasteiger partial charge in [0.1, 0.15) is 28.0 Å². The number of hydrogen-bond acceptors (Lipinski definition) is 10. The number of ether oxygens (including phenoxy) is 1. The molecule has 1 spiro atoms. The number of halogens is 1. The number of carbonyl (C=O) groups excluding carboxylic acids is 2. The number of anilines is 2. The normalized spacial score (nSPS) is 17.7. The summed E-state index contributed by atoms with van der Waals surface area (Å²) in [5, 5.41) is 3.43. The number of rotatable bonds is 5. The maximum absolute atomic E-state index is 13.7. The van der Waals surface area contributed by atoms with E-state index in [0.29, 0.717) is 56.5 Å². The van der Waals surface area contributed by atoms with E-state index in [2.05, 4.69) is 47.0 Å². The van der Waals surface area contributed by atoms with Crippen LogP contribution in [0.15, 0.2) is 30.7 Å². The molecule has 0 radical (unpaired) electrons. The zero-order chi connectivity index (χ0) is 29.0. The summed E-state index contributed by atoms with van der Waals surface area (Å²) < 4.78 is 5.56. The molecule has 3 aliphatic rings. The van der Waals surface area contributed by atoms with Crippen molar-refractivity contribution in [1.82, 2.24) is 29.8 Å². The van der Waals surface area contributed by atoms with Crippen molar-refractivity contribution >= 4 is 56.2 Å². The summed E-state index contributed by atoms with van der Waals surface area (Å²) in [5.74, 6) is 7.13.